The standard InChI is InChI=1S/C18H25N5/c1-5-22(4)16-8-10-23(12-16)18-13(2)14(3)20-17(21-18)15-7-6-9-19-11-15/h6-7,9,11,16H,5,8,10,12H2,1-4H3. The quantitative estimate of drug-likeness (QED) is 0.868. The highest BCUT2D eigenvalue weighted by atomic mass is 15.3. The van der Waals surface area contributed by atoms with Gasteiger partial charge in [-0.2, -0.15) is 0 Å². The smallest absolute Gasteiger partial charge is 0.163 e. The lowest BCUT2D eigenvalue weighted by atomic mass is 10.2. The van der Waals surface area contributed by atoms with Crippen LogP contribution in [0.4, 0.5) is 5.82 Å². The van der Waals surface area contributed by atoms with Gasteiger partial charge in [0, 0.05) is 48.3 Å². The Morgan fingerprint density at radius 3 is 2.83 bits per heavy atom. The second kappa shape index (κ2) is 6.62. The molecule has 1 atom stereocenters. The number of rotatable bonds is 4. The number of anilines is 1. The van der Waals surface area contributed by atoms with E-state index < -0.39 is 0 Å². The van der Waals surface area contributed by atoms with Crippen LogP contribution in [0.3, 0.4) is 0 Å². The Labute approximate surface area is 138 Å². The van der Waals surface area contributed by atoms with Crippen LogP contribution in [0.25, 0.3) is 11.4 Å². The van der Waals surface area contributed by atoms with Gasteiger partial charge in [-0.25, -0.2) is 9.97 Å². The van der Waals surface area contributed by atoms with Gasteiger partial charge >= 0.3 is 0 Å². The Balaban J connectivity index is 1.92. The van der Waals surface area contributed by atoms with E-state index in [9.17, 15) is 0 Å². The van der Waals surface area contributed by atoms with E-state index in [2.05, 4.69) is 47.6 Å². The maximum absolute atomic E-state index is 4.86. The van der Waals surface area contributed by atoms with Gasteiger partial charge in [-0.3, -0.25) is 4.98 Å². The van der Waals surface area contributed by atoms with Crippen molar-refractivity contribution in [1.29, 1.82) is 0 Å². The van der Waals surface area contributed by atoms with Gasteiger partial charge in [0.25, 0.3) is 0 Å². The van der Waals surface area contributed by atoms with Crippen molar-refractivity contribution in [1.82, 2.24) is 19.9 Å². The fourth-order valence-corrected chi connectivity index (χ4v) is 3.10. The van der Waals surface area contributed by atoms with Crippen LogP contribution in [0.15, 0.2) is 24.5 Å². The summed E-state index contributed by atoms with van der Waals surface area (Å²) < 4.78 is 0. The molecule has 2 aromatic heterocycles. The Morgan fingerprint density at radius 1 is 1.30 bits per heavy atom. The Hall–Kier alpha value is -2.01. The zero-order valence-corrected chi connectivity index (χ0v) is 14.5. The second-order valence-corrected chi connectivity index (χ2v) is 6.28. The van der Waals surface area contributed by atoms with Crippen molar-refractivity contribution < 1.29 is 0 Å². The average Bonchev–Trinajstić information content (AvgIpc) is 3.07. The van der Waals surface area contributed by atoms with Gasteiger partial charge in [-0.1, -0.05) is 6.92 Å². The normalized spacial score (nSPS) is 18.0. The van der Waals surface area contributed by atoms with Gasteiger partial charge in [0.15, 0.2) is 5.82 Å². The lowest BCUT2D eigenvalue weighted by Gasteiger charge is -2.24. The zero-order chi connectivity index (χ0) is 16.4. The number of hydrogen-bond donors (Lipinski definition) is 0. The first-order valence-corrected chi connectivity index (χ1v) is 8.31. The number of aryl methyl sites for hydroxylation is 1. The molecule has 1 aliphatic heterocycles. The van der Waals surface area contributed by atoms with E-state index in [1.54, 1.807) is 6.20 Å². The van der Waals surface area contributed by atoms with Crippen LogP contribution in [0.1, 0.15) is 24.6 Å². The van der Waals surface area contributed by atoms with E-state index in [0.29, 0.717) is 6.04 Å². The summed E-state index contributed by atoms with van der Waals surface area (Å²) in [5.74, 6) is 1.84. The number of likely N-dealkylation sites (N-methyl/N-ethyl adjacent to an activating group) is 1. The van der Waals surface area contributed by atoms with Gasteiger partial charge in [-0.15, -0.1) is 0 Å². The van der Waals surface area contributed by atoms with Crippen LogP contribution >= 0.6 is 0 Å². The maximum Gasteiger partial charge on any atom is 0.163 e. The number of aromatic nitrogens is 3. The van der Waals surface area contributed by atoms with Crippen molar-refractivity contribution in [3.05, 3.63) is 35.8 Å². The Morgan fingerprint density at radius 2 is 2.13 bits per heavy atom. The van der Waals surface area contributed by atoms with Crippen LogP contribution in [0.5, 0.6) is 0 Å². The maximum atomic E-state index is 4.86. The average molecular weight is 311 g/mol. The van der Waals surface area contributed by atoms with Gasteiger partial charge in [0.1, 0.15) is 5.82 Å². The molecule has 23 heavy (non-hydrogen) atoms. The first kappa shape index (κ1) is 15.9. The molecule has 0 radical (unpaired) electrons. The predicted octanol–water partition coefficient (Wildman–Crippen LogP) is 2.69. The molecule has 5 nitrogen and oxygen atoms in total. The van der Waals surface area contributed by atoms with Crippen LogP contribution in [0.2, 0.25) is 0 Å². The van der Waals surface area contributed by atoms with E-state index in [-0.39, 0.29) is 0 Å². The highest BCUT2D eigenvalue weighted by Gasteiger charge is 2.27. The minimum absolute atomic E-state index is 0.608. The first-order valence-electron chi connectivity index (χ1n) is 8.31. The van der Waals surface area contributed by atoms with Crippen LogP contribution in [0, 0.1) is 13.8 Å². The summed E-state index contributed by atoms with van der Waals surface area (Å²) in [5.41, 5.74) is 3.19. The molecular formula is C18H25N5. The summed E-state index contributed by atoms with van der Waals surface area (Å²) in [6.07, 6.45) is 4.79. The minimum Gasteiger partial charge on any atom is -0.355 e. The van der Waals surface area contributed by atoms with Crippen LogP contribution in [-0.2, 0) is 0 Å². The summed E-state index contributed by atoms with van der Waals surface area (Å²) in [7, 11) is 2.20. The third-order valence-electron chi connectivity index (χ3n) is 4.87. The monoisotopic (exact) mass is 311 g/mol. The van der Waals surface area contributed by atoms with E-state index in [1.165, 1.54) is 12.0 Å². The SMILES string of the molecule is CCN(C)C1CCN(c2nc(-c3cccnc3)nc(C)c2C)C1. The topological polar surface area (TPSA) is 45.2 Å². The fraction of sp³-hybridized carbons (Fsp3) is 0.500. The zero-order valence-electron chi connectivity index (χ0n) is 14.5. The molecule has 0 aromatic carbocycles. The minimum atomic E-state index is 0.608. The second-order valence-electron chi connectivity index (χ2n) is 6.28. The third kappa shape index (κ3) is 3.20. The largest absolute Gasteiger partial charge is 0.355 e. The number of pyridine rings is 1. The van der Waals surface area contributed by atoms with Crippen molar-refractivity contribution in [3.63, 3.8) is 0 Å². The lowest BCUT2D eigenvalue weighted by molar-refractivity contribution is 0.272. The van der Waals surface area contributed by atoms with Crippen molar-refractivity contribution in [2.45, 2.75) is 33.2 Å². The van der Waals surface area contributed by atoms with Crippen LogP contribution < -0.4 is 4.90 Å². The number of nitrogens with zero attached hydrogens (tertiary/aromatic N) is 5. The predicted molar refractivity (Wildman–Crippen MR) is 93.7 cm³/mol. The van der Waals surface area contributed by atoms with Crippen molar-refractivity contribution >= 4 is 5.82 Å². The summed E-state index contributed by atoms with van der Waals surface area (Å²) in [6.45, 7) is 9.57. The summed E-state index contributed by atoms with van der Waals surface area (Å²) in [6, 6.07) is 4.55. The van der Waals surface area contributed by atoms with Crippen molar-refractivity contribution in [3.8, 4) is 11.4 Å². The van der Waals surface area contributed by atoms with Gasteiger partial charge in [0.2, 0.25) is 0 Å². The lowest BCUT2D eigenvalue weighted by Crippen LogP contribution is -2.34. The molecule has 3 rings (SSSR count). The molecule has 1 saturated heterocycles. The molecule has 1 unspecified atom stereocenters. The fourth-order valence-electron chi connectivity index (χ4n) is 3.10. The number of hydrogen-bond acceptors (Lipinski definition) is 5. The third-order valence-corrected chi connectivity index (χ3v) is 4.87. The van der Waals surface area contributed by atoms with Crippen molar-refractivity contribution in [2.24, 2.45) is 0 Å². The molecule has 0 spiro atoms. The molecule has 122 valence electrons. The summed E-state index contributed by atoms with van der Waals surface area (Å²) in [4.78, 5) is 18.5. The molecule has 1 aliphatic rings. The van der Waals surface area contributed by atoms with E-state index in [0.717, 1.165) is 42.5 Å². The van der Waals surface area contributed by atoms with Gasteiger partial charge < -0.3 is 9.80 Å². The molecule has 1 fully saturated rings. The Bertz CT molecular complexity index is 671. The molecular weight excluding hydrogens is 286 g/mol. The molecule has 0 saturated carbocycles. The molecule has 5 heteroatoms. The molecule has 3 heterocycles. The Kier molecular flexibility index (Phi) is 4.57. The summed E-state index contributed by atoms with van der Waals surface area (Å²) >= 11 is 0. The van der Waals surface area contributed by atoms with Gasteiger partial charge in [-0.05, 0) is 46.0 Å². The molecule has 2 aromatic rings. The molecule has 0 amide bonds. The van der Waals surface area contributed by atoms with Gasteiger partial charge in [0.05, 0.1) is 0 Å². The highest BCUT2D eigenvalue weighted by molar-refractivity contribution is 5.59. The summed E-state index contributed by atoms with van der Waals surface area (Å²) in [5, 5.41) is 0. The van der Waals surface area contributed by atoms with E-state index >= 15 is 0 Å². The molecule has 0 N–H and O–H groups in total. The highest BCUT2D eigenvalue weighted by Crippen LogP contribution is 2.27. The molecule has 0 bridgehead atoms. The first-order chi connectivity index (χ1) is 11.1. The van der Waals surface area contributed by atoms with E-state index in [1.807, 2.05) is 18.3 Å². The van der Waals surface area contributed by atoms with Crippen molar-refractivity contribution in [2.75, 3.05) is 31.6 Å². The molecule has 0 aliphatic carbocycles. The van der Waals surface area contributed by atoms with E-state index in [4.69, 9.17) is 4.98 Å². The van der Waals surface area contributed by atoms with Crippen LogP contribution in [-0.4, -0.2) is 52.6 Å².